The fourth-order valence-corrected chi connectivity index (χ4v) is 3.36. The number of hydrogen-bond acceptors (Lipinski definition) is 3. The van der Waals surface area contributed by atoms with Crippen LogP contribution in [0.3, 0.4) is 0 Å². The van der Waals surface area contributed by atoms with Gasteiger partial charge in [-0.15, -0.1) is 11.8 Å². The first-order chi connectivity index (χ1) is 11.1. The number of anilines is 2. The molecule has 0 saturated carbocycles. The zero-order chi connectivity index (χ0) is 16.5. The Kier molecular flexibility index (Phi) is 7.30. The largest absolute Gasteiger partial charge is 0.397 e. The van der Waals surface area contributed by atoms with Crippen LogP contribution in [-0.2, 0) is 4.79 Å². The molecule has 0 fully saturated rings. The molecule has 0 unspecified atom stereocenters. The van der Waals surface area contributed by atoms with Crippen LogP contribution in [0.1, 0.15) is 25.7 Å². The number of halogens is 1. The highest BCUT2D eigenvalue weighted by atomic mass is 35.5. The highest BCUT2D eigenvalue weighted by Gasteiger charge is 2.04. The Morgan fingerprint density at radius 3 is 2.70 bits per heavy atom. The number of nitrogens with two attached hydrogens (primary N) is 1. The predicted octanol–water partition coefficient (Wildman–Crippen LogP) is 5.21. The number of amides is 1. The van der Waals surface area contributed by atoms with Crippen molar-refractivity contribution < 1.29 is 4.79 Å². The molecule has 0 atom stereocenters. The van der Waals surface area contributed by atoms with Gasteiger partial charge in [-0.25, -0.2) is 0 Å². The minimum Gasteiger partial charge on any atom is -0.397 e. The third-order valence-electron chi connectivity index (χ3n) is 3.35. The highest BCUT2D eigenvalue weighted by Crippen LogP contribution is 2.23. The van der Waals surface area contributed by atoms with E-state index in [-0.39, 0.29) is 5.91 Å². The van der Waals surface area contributed by atoms with Crippen molar-refractivity contribution in [2.75, 3.05) is 16.8 Å². The maximum atomic E-state index is 11.9. The zero-order valence-corrected chi connectivity index (χ0v) is 14.5. The number of thioether (sulfide) groups is 1. The maximum absolute atomic E-state index is 11.9. The molecule has 0 aliphatic heterocycles. The normalized spacial score (nSPS) is 10.5. The van der Waals surface area contributed by atoms with E-state index in [9.17, 15) is 4.79 Å². The first kappa shape index (κ1) is 17.7. The van der Waals surface area contributed by atoms with E-state index in [1.54, 1.807) is 17.8 Å². The van der Waals surface area contributed by atoms with Crippen molar-refractivity contribution in [2.45, 2.75) is 30.6 Å². The van der Waals surface area contributed by atoms with E-state index >= 15 is 0 Å². The van der Waals surface area contributed by atoms with E-state index < -0.39 is 0 Å². The van der Waals surface area contributed by atoms with Gasteiger partial charge in [0.05, 0.1) is 11.4 Å². The van der Waals surface area contributed by atoms with Crippen LogP contribution < -0.4 is 11.1 Å². The van der Waals surface area contributed by atoms with Crippen molar-refractivity contribution in [1.82, 2.24) is 0 Å². The number of hydrogen-bond donors (Lipinski definition) is 2. The van der Waals surface area contributed by atoms with Gasteiger partial charge in [0.1, 0.15) is 0 Å². The minimum atomic E-state index is 0.0189. The Morgan fingerprint density at radius 1 is 1.09 bits per heavy atom. The average Bonchev–Trinajstić information content (AvgIpc) is 2.53. The molecule has 2 aromatic rings. The van der Waals surface area contributed by atoms with E-state index in [0.717, 1.165) is 30.0 Å². The standard InChI is InChI=1S/C18H21ClN2OS/c19-14-7-6-8-15(13-14)23-12-5-1-2-11-18(22)21-17-10-4-3-9-16(17)20/h3-4,6-10,13H,1-2,5,11-12,20H2,(H,21,22). The fraction of sp³-hybridized carbons (Fsp3) is 0.278. The number of nitrogens with one attached hydrogen (secondary N) is 1. The third-order valence-corrected chi connectivity index (χ3v) is 4.66. The molecule has 2 rings (SSSR count). The van der Waals surface area contributed by atoms with Gasteiger partial charge < -0.3 is 11.1 Å². The summed E-state index contributed by atoms with van der Waals surface area (Å²) in [6.07, 6.45) is 3.52. The molecule has 0 aliphatic rings. The molecule has 3 nitrogen and oxygen atoms in total. The molecular weight excluding hydrogens is 328 g/mol. The minimum absolute atomic E-state index is 0.0189. The molecule has 3 N–H and O–H groups in total. The number of rotatable bonds is 8. The second-order valence-electron chi connectivity index (χ2n) is 5.25. The van der Waals surface area contributed by atoms with E-state index in [1.807, 2.05) is 36.4 Å². The second kappa shape index (κ2) is 9.48. The van der Waals surface area contributed by atoms with Crippen LogP contribution in [0.15, 0.2) is 53.4 Å². The van der Waals surface area contributed by atoms with Gasteiger partial charge >= 0.3 is 0 Å². The summed E-state index contributed by atoms with van der Waals surface area (Å²) in [6, 6.07) is 15.2. The van der Waals surface area contributed by atoms with Gasteiger partial charge in [0.25, 0.3) is 0 Å². The van der Waals surface area contributed by atoms with Gasteiger partial charge in [0, 0.05) is 16.3 Å². The van der Waals surface area contributed by atoms with Gasteiger partial charge in [0.2, 0.25) is 5.91 Å². The summed E-state index contributed by atoms with van der Waals surface area (Å²) in [7, 11) is 0. The van der Waals surface area contributed by atoms with E-state index in [1.165, 1.54) is 4.90 Å². The Labute approximate surface area is 146 Å². The Bertz CT molecular complexity index is 648. The summed E-state index contributed by atoms with van der Waals surface area (Å²) >= 11 is 7.75. The van der Waals surface area contributed by atoms with Crippen LogP contribution in [0.2, 0.25) is 5.02 Å². The number of benzene rings is 2. The lowest BCUT2D eigenvalue weighted by Gasteiger charge is -2.07. The van der Waals surface area contributed by atoms with Crippen molar-refractivity contribution in [3.63, 3.8) is 0 Å². The van der Waals surface area contributed by atoms with Crippen molar-refractivity contribution in [3.05, 3.63) is 53.6 Å². The molecule has 0 saturated heterocycles. The van der Waals surface area contributed by atoms with Crippen molar-refractivity contribution in [1.29, 1.82) is 0 Å². The summed E-state index contributed by atoms with van der Waals surface area (Å²) in [6.45, 7) is 0. The number of carbonyl (C=O) groups excluding carboxylic acids is 1. The summed E-state index contributed by atoms with van der Waals surface area (Å²) in [5.41, 5.74) is 7.09. The topological polar surface area (TPSA) is 55.1 Å². The second-order valence-corrected chi connectivity index (χ2v) is 6.86. The van der Waals surface area contributed by atoms with Crippen molar-refractivity contribution >= 4 is 40.6 Å². The summed E-state index contributed by atoms with van der Waals surface area (Å²) in [4.78, 5) is 13.1. The van der Waals surface area contributed by atoms with E-state index in [2.05, 4.69) is 11.4 Å². The molecule has 0 aromatic heterocycles. The molecule has 2 aromatic carbocycles. The highest BCUT2D eigenvalue weighted by molar-refractivity contribution is 7.99. The first-order valence-electron chi connectivity index (χ1n) is 7.68. The van der Waals surface area contributed by atoms with E-state index in [0.29, 0.717) is 17.8 Å². The summed E-state index contributed by atoms with van der Waals surface area (Å²) in [5.74, 6) is 1.05. The van der Waals surface area contributed by atoms with Crippen molar-refractivity contribution in [2.24, 2.45) is 0 Å². The number of para-hydroxylation sites is 2. The van der Waals surface area contributed by atoms with Crippen LogP contribution in [0, 0.1) is 0 Å². The molecular formula is C18H21ClN2OS. The van der Waals surface area contributed by atoms with Crippen LogP contribution in [0.25, 0.3) is 0 Å². The lowest BCUT2D eigenvalue weighted by Crippen LogP contribution is -2.12. The lowest BCUT2D eigenvalue weighted by atomic mass is 10.2. The number of carbonyl (C=O) groups is 1. The molecule has 122 valence electrons. The van der Waals surface area contributed by atoms with Gasteiger partial charge in [-0.1, -0.05) is 36.2 Å². The van der Waals surface area contributed by atoms with Crippen LogP contribution in [-0.4, -0.2) is 11.7 Å². The molecule has 0 bridgehead atoms. The maximum Gasteiger partial charge on any atom is 0.224 e. The lowest BCUT2D eigenvalue weighted by molar-refractivity contribution is -0.116. The third kappa shape index (κ3) is 6.55. The predicted molar refractivity (Wildman–Crippen MR) is 100 cm³/mol. The zero-order valence-electron chi connectivity index (χ0n) is 12.9. The van der Waals surface area contributed by atoms with Crippen LogP contribution >= 0.6 is 23.4 Å². The fourth-order valence-electron chi connectivity index (χ4n) is 2.13. The van der Waals surface area contributed by atoms with E-state index in [4.69, 9.17) is 17.3 Å². The summed E-state index contributed by atoms with van der Waals surface area (Å²) in [5, 5.41) is 3.62. The SMILES string of the molecule is Nc1ccccc1NC(=O)CCCCCSc1cccc(Cl)c1. The Morgan fingerprint density at radius 2 is 1.91 bits per heavy atom. The average molecular weight is 349 g/mol. The monoisotopic (exact) mass is 348 g/mol. The molecule has 5 heteroatoms. The van der Waals surface area contributed by atoms with Gasteiger partial charge in [-0.05, 0) is 48.9 Å². The molecule has 1 amide bonds. The Hall–Kier alpha value is -1.65. The first-order valence-corrected chi connectivity index (χ1v) is 9.04. The molecule has 0 spiro atoms. The quantitative estimate of drug-likeness (QED) is 0.391. The molecule has 0 heterocycles. The van der Waals surface area contributed by atoms with Gasteiger partial charge in [-0.3, -0.25) is 4.79 Å². The van der Waals surface area contributed by atoms with Crippen molar-refractivity contribution in [3.8, 4) is 0 Å². The number of unbranched alkanes of at least 4 members (excludes halogenated alkanes) is 2. The molecule has 0 aliphatic carbocycles. The molecule has 23 heavy (non-hydrogen) atoms. The molecule has 0 radical (unpaired) electrons. The summed E-state index contributed by atoms with van der Waals surface area (Å²) < 4.78 is 0. The van der Waals surface area contributed by atoms with Crippen LogP contribution in [0.4, 0.5) is 11.4 Å². The van der Waals surface area contributed by atoms with Crippen LogP contribution in [0.5, 0.6) is 0 Å². The number of nitrogen functional groups attached to an aromatic ring is 1. The van der Waals surface area contributed by atoms with Gasteiger partial charge in [0.15, 0.2) is 0 Å². The smallest absolute Gasteiger partial charge is 0.224 e. The van der Waals surface area contributed by atoms with Gasteiger partial charge in [-0.2, -0.15) is 0 Å². The Balaban J connectivity index is 1.58.